The average molecular weight is 260 g/mol. The predicted octanol–water partition coefficient (Wildman–Crippen LogP) is 1.73. The van der Waals surface area contributed by atoms with Gasteiger partial charge in [0.25, 0.3) is 0 Å². The van der Waals surface area contributed by atoms with Gasteiger partial charge in [-0.05, 0) is 36.7 Å². The van der Waals surface area contributed by atoms with Crippen LogP contribution in [0.1, 0.15) is 19.5 Å². The highest BCUT2D eigenvalue weighted by Gasteiger charge is 2.12. The van der Waals surface area contributed by atoms with Gasteiger partial charge in [0.2, 0.25) is 0 Å². The fourth-order valence-corrected chi connectivity index (χ4v) is 1.30. The molecule has 5 heteroatoms. The second-order valence-electron chi connectivity index (χ2n) is 3.79. The number of hydrogen-bond donors (Lipinski definition) is 2. The number of nitrogens with zero attached hydrogens (tertiary/aromatic N) is 2. The first-order valence-corrected chi connectivity index (χ1v) is 5.13. The van der Waals surface area contributed by atoms with E-state index in [-0.39, 0.29) is 0 Å². The van der Waals surface area contributed by atoms with E-state index < -0.39 is 5.60 Å². The number of nitrogens with one attached hydrogen (secondary N) is 1. The third-order valence-electron chi connectivity index (χ3n) is 1.61. The summed E-state index contributed by atoms with van der Waals surface area (Å²) in [7, 11) is 0. The molecule has 78 valence electrons. The molecule has 2 N–H and O–H groups in total. The van der Waals surface area contributed by atoms with Crippen LogP contribution < -0.4 is 5.32 Å². The van der Waals surface area contributed by atoms with Crippen LogP contribution in [0.25, 0.3) is 0 Å². The molecular formula is C9H14BrN3O. The molecule has 0 saturated carbocycles. The largest absolute Gasteiger partial charge is 0.389 e. The van der Waals surface area contributed by atoms with Crippen LogP contribution in [0.15, 0.2) is 10.8 Å². The van der Waals surface area contributed by atoms with Crippen molar-refractivity contribution in [3.05, 3.63) is 16.5 Å². The van der Waals surface area contributed by atoms with Gasteiger partial charge in [-0.2, -0.15) is 0 Å². The summed E-state index contributed by atoms with van der Waals surface area (Å²) < 4.78 is 0.712. The maximum atomic E-state index is 9.50. The maximum Gasteiger partial charge on any atom is 0.147 e. The van der Waals surface area contributed by atoms with Gasteiger partial charge >= 0.3 is 0 Å². The van der Waals surface area contributed by atoms with Crippen LogP contribution in [-0.2, 0) is 0 Å². The van der Waals surface area contributed by atoms with Crippen molar-refractivity contribution in [2.24, 2.45) is 0 Å². The predicted molar refractivity (Wildman–Crippen MR) is 59.3 cm³/mol. The van der Waals surface area contributed by atoms with Gasteiger partial charge in [-0.1, -0.05) is 0 Å². The summed E-state index contributed by atoms with van der Waals surface area (Å²) >= 11 is 3.24. The highest BCUT2D eigenvalue weighted by atomic mass is 79.9. The minimum absolute atomic E-state index is 0.449. The molecule has 0 aliphatic heterocycles. The van der Waals surface area contributed by atoms with Gasteiger partial charge in [0.05, 0.1) is 17.5 Å². The van der Waals surface area contributed by atoms with Crippen LogP contribution in [-0.4, -0.2) is 27.2 Å². The van der Waals surface area contributed by atoms with Gasteiger partial charge < -0.3 is 10.4 Å². The Morgan fingerprint density at radius 2 is 2.21 bits per heavy atom. The Kier molecular flexibility index (Phi) is 3.44. The molecule has 0 spiro atoms. The number of anilines is 1. The minimum Gasteiger partial charge on any atom is -0.389 e. The quantitative estimate of drug-likeness (QED) is 0.869. The summed E-state index contributed by atoms with van der Waals surface area (Å²) in [5.74, 6) is 0.704. The molecule has 0 aliphatic rings. The van der Waals surface area contributed by atoms with E-state index in [1.807, 2.05) is 6.92 Å². The van der Waals surface area contributed by atoms with Crippen molar-refractivity contribution >= 4 is 21.7 Å². The lowest BCUT2D eigenvalue weighted by molar-refractivity contribution is 0.0944. The third kappa shape index (κ3) is 3.59. The molecule has 1 aromatic heterocycles. The molecule has 1 rings (SSSR count). The van der Waals surface area contributed by atoms with Gasteiger partial charge in [-0.3, -0.25) is 0 Å². The van der Waals surface area contributed by atoms with Crippen LogP contribution in [0.3, 0.4) is 0 Å². The molecule has 0 saturated heterocycles. The SMILES string of the molecule is Cc1nc(Br)cnc1NCC(C)(C)O. The summed E-state index contributed by atoms with van der Waals surface area (Å²) in [6, 6.07) is 0. The van der Waals surface area contributed by atoms with Crippen molar-refractivity contribution in [1.82, 2.24) is 9.97 Å². The van der Waals surface area contributed by atoms with Crippen LogP contribution >= 0.6 is 15.9 Å². The van der Waals surface area contributed by atoms with Crippen molar-refractivity contribution in [3.8, 4) is 0 Å². The van der Waals surface area contributed by atoms with Crippen LogP contribution in [0.2, 0.25) is 0 Å². The van der Waals surface area contributed by atoms with E-state index in [1.165, 1.54) is 0 Å². The summed E-state index contributed by atoms with van der Waals surface area (Å²) in [4.78, 5) is 8.33. The van der Waals surface area contributed by atoms with Gasteiger partial charge in [0, 0.05) is 6.54 Å². The van der Waals surface area contributed by atoms with Crippen molar-refractivity contribution < 1.29 is 5.11 Å². The summed E-state index contributed by atoms with van der Waals surface area (Å²) in [5, 5.41) is 12.5. The van der Waals surface area contributed by atoms with Crippen molar-refractivity contribution in [2.45, 2.75) is 26.4 Å². The van der Waals surface area contributed by atoms with Crippen molar-refractivity contribution in [3.63, 3.8) is 0 Å². The second kappa shape index (κ2) is 4.23. The summed E-state index contributed by atoms with van der Waals surface area (Å²) in [6.45, 7) is 5.79. The van der Waals surface area contributed by atoms with Crippen LogP contribution in [0.5, 0.6) is 0 Å². The Hall–Kier alpha value is -0.680. The first kappa shape index (κ1) is 11.4. The molecule has 0 unspecified atom stereocenters. The van der Waals surface area contributed by atoms with Gasteiger partial charge in [-0.15, -0.1) is 0 Å². The van der Waals surface area contributed by atoms with E-state index in [9.17, 15) is 5.11 Å². The molecule has 14 heavy (non-hydrogen) atoms. The zero-order valence-electron chi connectivity index (χ0n) is 8.50. The van der Waals surface area contributed by atoms with Crippen LogP contribution in [0, 0.1) is 6.92 Å². The van der Waals surface area contributed by atoms with E-state index >= 15 is 0 Å². The smallest absolute Gasteiger partial charge is 0.147 e. The van der Waals surface area contributed by atoms with Gasteiger partial charge in [0.1, 0.15) is 10.4 Å². The molecule has 0 aliphatic carbocycles. The number of aromatic nitrogens is 2. The Morgan fingerprint density at radius 1 is 1.57 bits per heavy atom. The lowest BCUT2D eigenvalue weighted by Crippen LogP contribution is -2.29. The maximum absolute atomic E-state index is 9.50. The van der Waals surface area contributed by atoms with E-state index in [0.29, 0.717) is 17.0 Å². The average Bonchev–Trinajstić information content (AvgIpc) is 2.00. The summed E-state index contributed by atoms with van der Waals surface area (Å²) in [6.07, 6.45) is 1.62. The Morgan fingerprint density at radius 3 is 2.71 bits per heavy atom. The molecule has 0 bridgehead atoms. The molecule has 4 nitrogen and oxygen atoms in total. The Labute approximate surface area is 91.9 Å². The fraction of sp³-hybridized carbons (Fsp3) is 0.556. The first-order chi connectivity index (χ1) is 6.38. The molecule has 0 fully saturated rings. The molecule has 1 aromatic rings. The zero-order chi connectivity index (χ0) is 10.8. The number of aliphatic hydroxyl groups is 1. The van der Waals surface area contributed by atoms with Gasteiger partial charge in [-0.25, -0.2) is 9.97 Å². The number of halogens is 1. The van der Waals surface area contributed by atoms with Crippen molar-refractivity contribution in [2.75, 3.05) is 11.9 Å². The molecule has 0 aromatic carbocycles. The number of aryl methyl sites for hydroxylation is 1. The zero-order valence-corrected chi connectivity index (χ0v) is 10.1. The monoisotopic (exact) mass is 259 g/mol. The van der Waals surface area contributed by atoms with E-state index in [4.69, 9.17) is 0 Å². The van der Waals surface area contributed by atoms with Crippen molar-refractivity contribution in [1.29, 1.82) is 0 Å². The second-order valence-corrected chi connectivity index (χ2v) is 4.61. The number of rotatable bonds is 3. The molecule has 1 heterocycles. The first-order valence-electron chi connectivity index (χ1n) is 4.34. The lowest BCUT2D eigenvalue weighted by Gasteiger charge is -2.18. The Balaban J connectivity index is 2.68. The standard InChI is InChI=1S/C9H14BrN3O/c1-6-8(11-4-7(10)13-6)12-5-9(2,3)14/h4,14H,5H2,1-3H3,(H,11,12). The van der Waals surface area contributed by atoms with Crippen LogP contribution in [0.4, 0.5) is 5.82 Å². The highest BCUT2D eigenvalue weighted by Crippen LogP contribution is 2.13. The van der Waals surface area contributed by atoms with E-state index in [2.05, 4.69) is 31.2 Å². The Bertz CT molecular complexity index is 322. The molecular weight excluding hydrogens is 246 g/mol. The third-order valence-corrected chi connectivity index (χ3v) is 1.99. The summed E-state index contributed by atoms with van der Waals surface area (Å²) in [5.41, 5.74) is 0.0601. The normalized spacial score (nSPS) is 11.5. The van der Waals surface area contributed by atoms with E-state index in [0.717, 1.165) is 5.69 Å². The van der Waals surface area contributed by atoms with E-state index in [1.54, 1.807) is 20.0 Å². The minimum atomic E-state index is -0.749. The number of hydrogen-bond acceptors (Lipinski definition) is 4. The van der Waals surface area contributed by atoms with Gasteiger partial charge in [0.15, 0.2) is 0 Å². The molecule has 0 atom stereocenters. The lowest BCUT2D eigenvalue weighted by atomic mass is 10.1. The topological polar surface area (TPSA) is 58.0 Å². The molecule has 0 amide bonds. The highest BCUT2D eigenvalue weighted by molar-refractivity contribution is 9.10. The fourth-order valence-electron chi connectivity index (χ4n) is 0.927. The molecule has 0 radical (unpaired) electrons.